The molecule has 84 valence electrons. The Bertz CT molecular complexity index is 314. The topological polar surface area (TPSA) is 26.0 Å². The molecule has 0 aromatic heterocycles. The standard InChI is InChI=1S/C12H18ClNS/c1-9-3-4-11(12(13)7-9)8-15-10(2)5-6-14/h3-4,7,10H,5-6,8,14H2,1-2H3. The first-order chi connectivity index (χ1) is 7.13. The highest BCUT2D eigenvalue weighted by molar-refractivity contribution is 7.99. The largest absolute Gasteiger partial charge is 0.330 e. The van der Waals surface area contributed by atoms with Crippen LogP contribution in [0.3, 0.4) is 0 Å². The molecule has 0 bridgehead atoms. The average molecular weight is 244 g/mol. The van der Waals surface area contributed by atoms with Crippen molar-refractivity contribution < 1.29 is 0 Å². The summed E-state index contributed by atoms with van der Waals surface area (Å²) in [5, 5.41) is 1.48. The molecule has 15 heavy (non-hydrogen) atoms. The molecule has 0 saturated carbocycles. The van der Waals surface area contributed by atoms with E-state index in [0.29, 0.717) is 5.25 Å². The molecule has 0 aliphatic rings. The van der Waals surface area contributed by atoms with Gasteiger partial charge >= 0.3 is 0 Å². The Hall–Kier alpha value is -0.180. The zero-order chi connectivity index (χ0) is 11.3. The summed E-state index contributed by atoms with van der Waals surface area (Å²) in [6, 6.07) is 6.24. The second-order valence-corrected chi connectivity index (χ2v) is 5.63. The van der Waals surface area contributed by atoms with Crippen LogP contribution in [0.5, 0.6) is 0 Å². The summed E-state index contributed by atoms with van der Waals surface area (Å²) in [4.78, 5) is 0. The van der Waals surface area contributed by atoms with Gasteiger partial charge in [0.05, 0.1) is 0 Å². The van der Waals surface area contributed by atoms with E-state index in [-0.39, 0.29) is 0 Å². The number of rotatable bonds is 5. The summed E-state index contributed by atoms with van der Waals surface area (Å²) in [5.74, 6) is 0.972. The average Bonchev–Trinajstić information content (AvgIpc) is 2.17. The van der Waals surface area contributed by atoms with Crippen molar-refractivity contribution in [2.45, 2.75) is 31.3 Å². The molecule has 1 aromatic carbocycles. The number of hydrogen-bond donors (Lipinski definition) is 1. The lowest BCUT2D eigenvalue weighted by molar-refractivity contribution is 0.823. The van der Waals surface area contributed by atoms with E-state index in [4.69, 9.17) is 17.3 Å². The van der Waals surface area contributed by atoms with Crippen molar-refractivity contribution in [1.82, 2.24) is 0 Å². The number of thioether (sulfide) groups is 1. The van der Waals surface area contributed by atoms with Gasteiger partial charge in [-0.2, -0.15) is 11.8 Å². The van der Waals surface area contributed by atoms with Gasteiger partial charge in [-0.1, -0.05) is 30.7 Å². The second kappa shape index (κ2) is 6.41. The van der Waals surface area contributed by atoms with Gasteiger partial charge in [-0.15, -0.1) is 0 Å². The van der Waals surface area contributed by atoms with E-state index in [1.54, 1.807) is 0 Å². The fourth-order valence-corrected chi connectivity index (χ4v) is 2.72. The summed E-state index contributed by atoms with van der Waals surface area (Å²) >= 11 is 8.06. The first-order valence-electron chi connectivity index (χ1n) is 5.20. The number of hydrogen-bond acceptors (Lipinski definition) is 2. The molecule has 1 rings (SSSR count). The Labute approximate surface area is 101 Å². The molecule has 0 heterocycles. The number of aryl methyl sites for hydroxylation is 1. The molecule has 1 unspecified atom stereocenters. The van der Waals surface area contributed by atoms with E-state index < -0.39 is 0 Å². The number of halogens is 1. The van der Waals surface area contributed by atoms with Crippen LogP contribution in [0.15, 0.2) is 18.2 Å². The predicted octanol–water partition coefficient (Wildman–Crippen LogP) is 3.62. The van der Waals surface area contributed by atoms with Gasteiger partial charge in [-0.25, -0.2) is 0 Å². The van der Waals surface area contributed by atoms with Crippen LogP contribution in [0, 0.1) is 6.92 Å². The van der Waals surface area contributed by atoms with E-state index in [2.05, 4.69) is 26.0 Å². The van der Waals surface area contributed by atoms with E-state index >= 15 is 0 Å². The minimum absolute atomic E-state index is 0.604. The molecule has 0 saturated heterocycles. The third-order valence-electron chi connectivity index (χ3n) is 2.31. The lowest BCUT2D eigenvalue weighted by Crippen LogP contribution is -2.07. The first kappa shape index (κ1) is 12.9. The Morgan fingerprint density at radius 3 is 2.80 bits per heavy atom. The molecule has 0 aliphatic heterocycles. The molecule has 2 N–H and O–H groups in total. The fourth-order valence-electron chi connectivity index (χ4n) is 1.32. The van der Waals surface area contributed by atoms with Crippen molar-refractivity contribution in [2.75, 3.05) is 6.54 Å². The minimum Gasteiger partial charge on any atom is -0.330 e. The van der Waals surface area contributed by atoms with Crippen LogP contribution in [0.25, 0.3) is 0 Å². The van der Waals surface area contributed by atoms with E-state index in [0.717, 1.165) is 23.7 Å². The molecule has 0 fully saturated rings. The third kappa shape index (κ3) is 4.45. The van der Waals surface area contributed by atoms with Gasteiger partial charge in [0.25, 0.3) is 0 Å². The van der Waals surface area contributed by atoms with Crippen molar-refractivity contribution in [3.05, 3.63) is 34.3 Å². The van der Waals surface area contributed by atoms with Crippen LogP contribution < -0.4 is 5.73 Å². The lowest BCUT2D eigenvalue weighted by Gasteiger charge is -2.10. The minimum atomic E-state index is 0.604. The van der Waals surface area contributed by atoms with Crippen LogP contribution in [0.2, 0.25) is 5.02 Å². The Balaban J connectivity index is 2.50. The monoisotopic (exact) mass is 243 g/mol. The van der Waals surface area contributed by atoms with Gasteiger partial charge in [0, 0.05) is 16.0 Å². The molecule has 0 radical (unpaired) electrons. The Morgan fingerprint density at radius 2 is 2.20 bits per heavy atom. The zero-order valence-electron chi connectivity index (χ0n) is 9.29. The summed E-state index contributed by atoms with van der Waals surface area (Å²) in [6.45, 7) is 5.02. The molecule has 3 heteroatoms. The fraction of sp³-hybridized carbons (Fsp3) is 0.500. The maximum atomic E-state index is 6.15. The van der Waals surface area contributed by atoms with Gasteiger partial charge in [0.2, 0.25) is 0 Å². The highest BCUT2D eigenvalue weighted by atomic mass is 35.5. The maximum absolute atomic E-state index is 6.15. The maximum Gasteiger partial charge on any atom is 0.0449 e. The molecule has 1 aromatic rings. The van der Waals surface area contributed by atoms with E-state index in [9.17, 15) is 0 Å². The van der Waals surface area contributed by atoms with Gasteiger partial charge in [-0.05, 0) is 37.1 Å². The van der Waals surface area contributed by atoms with Crippen molar-refractivity contribution in [3.63, 3.8) is 0 Å². The van der Waals surface area contributed by atoms with Gasteiger partial charge in [0.1, 0.15) is 0 Å². The SMILES string of the molecule is Cc1ccc(CSC(C)CCN)c(Cl)c1. The molecule has 0 aliphatic carbocycles. The summed E-state index contributed by atoms with van der Waals surface area (Å²) in [7, 11) is 0. The summed E-state index contributed by atoms with van der Waals surface area (Å²) in [6.07, 6.45) is 1.06. The van der Waals surface area contributed by atoms with Gasteiger partial charge in [-0.3, -0.25) is 0 Å². The molecule has 1 atom stereocenters. The van der Waals surface area contributed by atoms with E-state index in [1.165, 1.54) is 11.1 Å². The van der Waals surface area contributed by atoms with Crippen molar-refractivity contribution in [2.24, 2.45) is 5.73 Å². The van der Waals surface area contributed by atoms with Gasteiger partial charge < -0.3 is 5.73 Å². The van der Waals surface area contributed by atoms with Crippen molar-refractivity contribution in [3.8, 4) is 0 Å². The van der Waals surface area contributed by atoms with Crippen LogP contribution in [0.4, 0.5) is 0 Å². The van der Waals surface area contributed by atoms with Crippen molar-refractivity contribution >= 4 is 23.4 Å². The summed E-state index contributed by atoms with van der Waals surface area (Å²) in [5.41, 5.74) is 7.94. The smallest absolute Gasteiger partial charge is 0.0449 e. The molecular weight excluding hydrogens is 226 g/mol. The van der Waals surface area contributed by atoms with Crippen LogP contribution in [-0.4, -0.2) is 11.8 Å². The highest BCUT2D eigenvalue weighted by Crippen LogP contribution is 2.25. The second-order valence-electron chi connectivity index (χ2n) is 3.79. The zero-order valence-corrected chi connectivity index (χ0v) is 10.9. The van der Waals surface area contributed by atoms with Crippen LogP contribution >= 0.6 is 23.4 Å². The summed E-state index contributed by atoms with van der Waals surface area (Å²) < 4.78 is 0. The third-order valence-corrected chi connectivity index (χ3v) is 3.94. The predicted molar refractivity (Wildman–Crippen MR) is 70.6 cm³/mol. The van der Waals surface area contributed by atoms with Crippen molar-refractivity contribution in [1.29, 1.82) is 0 Å². The van der Waals surface area contributed by atoms with Crippen LogP contribution in [-0.2, 0) is 5.75 Å². The molecule has 0 spiro atoms. The number of benzene rings is 1. The van der Waals surface area contributed by atoms with E-state index in [1.807, 2.05) is 17.8 Å². The molecule has 0 amide bonds. The van der Waals surface area contributed by atoms with Crippen LogP contribution in [0.1, 0.15) is 24.5 Å². The van der Waals surface area contributed by atoms with Gasteiger partial charge in [0.15, 0.2) is 0 Å². The molecular formula is C12H18ClNS. The Kier molecular flexibility index (Phi) is 5.51. The number of nitrogens with two attached hydrogens (primary N) is 1. The highest BCUT2D eigenvalue weighted by Gasteiger charge is 2.04. The quantitative estimate of drug-likeness (QED) is 0.855. The Morgan fingerprint density at radius 1 is 1.47 bits per heavy atom. The lowest BCUT2D eigenvalue weighted by atomic mass is 10.2. The first-order valence-corrected chi connectivity index (χ1v) is 6.63. The normalized spacial score (nSPS) is 12.8. The molecule has 1 nitrogen and oxygen atoms in total.